The van der Waals surface area contributed by atoms with Gasteiger partial charge in [0.2, 0.25) is 0 Å². The van der Waals surface area contributed by atoms with Crippen molar-refractivity contribution >= 4 is 17.3 Å². The van der Waals surface area contributed by atoms with Crippen LogP contribution in [0.1, 0.15) is 35.6 Å². The van der Waals surface area contributed by atoms with E-state index in [2.05, 4.69) is 30.4 Å². The molecule has 3 rings (SSSR count). The Labute approximate surface area is 131 Å². The fourth-order valence-corrected chi connectivity index (χ4v) is 3.27. The van der Waals surface area contributed by atoms with Crippen LogP contribution >= 0.6 is 11.6 Å². The molecule has 1 unspecified atom stereocenters. The number of fused-ring (bicyclic) bond motifs is 1. The lowest BCUT2D eigenvalue weighted by Crippen LogP contribution is -2.17. The van der Waals surface area contributed by atoms with E-state index < -0.39 is 0 Å². The second-order valence-corrected chi connectivity index (χ2v) is 6.05. The molecule has 3 heteroatoms. The van der Waals surface area contributed by atoms with Crippen LogP contribution in [0.3, 0.4) is 0 Å². The van der Waals surface area contributed by atoms with E-state index in [1.54, 1.807) is 7.11 Å². The van der Waals surface area contributed by atoms with Crippen molar-refractivity contribution in [2.75, 3.05) is 12.4 Å². The summed E-state index contributed by atoms with van der Waals surface area (Å²) in [6.45, 7) is 2.09. The zero-order valence-corrected chi connectivity index (χ0v) is 13.2. The zero-order chi connectivity index (χ0) is 14.8. The van der Waals surface area contributed by atoms with Crippen molar-refractivity contribution < 1.29 is 4.74 Å². The predicted molar refractivity (Wildman–Crippen MR) is 88.5 cm³/mol. The third-order valence-corrected chi connectivity index (χ3v) is 4.42. The lowest BCUT2D eigenvalue weighted by Gasteiger charge is -2.28. The summed E-state index contributed by atoms with van der Waals surface area (Å²) < 4.78 is 5.33. The number of aryl methyl sites for hydroxylation is 2. The van der Waals surface area contributed by atoms with Crippen molar-refractivity contribution in [2.24, 2.45) is 0 Å². The van der Waals surface area contributed by atoms with Crippen LogP contribution in [0.15, 0.2) is 36.4 Å². The van der Waals surface area contributed by atoms with Crippen molar-refractivity contribution in [3.63, 3.8) is 0 Å². The predicted octanol–water partition coefficient (Wildman–Crippen LogP) is 5.15. The van der Waals surface area contributed by atoms with Gasteiger partial charge in [-0.05, 0) is 73.2 Å². The van der Waals surface area contributed by atoms with Crippen molar-refractivity contribution in [3.05, 3.63) is 58.1 Å². The van der Waals surface area contributed by atoms with Crippen LogP contribution in [0, 0.1) is 6.92 Å². The van der Waals surface area contributed by atoms with Gasteiger partial charge in [0.25, 0.3) is 0 Å². The largest absolute Gasteiger partial charge is 0.497 e. The van der Waals surface area contributed by atoms with Gasteiger partial charge in [0.05, 0.1) is 13.2 Å². The summed E-state index contributed by atoms with van der Waals surface area (Å²) in [5, 5.41) is 4.45. The first-order valence-corrected chi connectivity index (χ1v) is 7.74. The van der Waals surface area contributed by atoms with Crippen LogP contribution in [0.2, 0.25) is 5.02 Å². The van der Waals surface area contributed by atoms with E-state index in [1.807, 2.05) is 18.2 Å². The molecule has 0 aromatic heterocycles. The van der Waals surface area contributed by atoms with E-state index in [0.717, 1.165) is 29.3 Å². The Morgan fingerprint density at radius 1 is 1.19 bits per heavy atom. The number of methoxy groups -OCH3 is 1. The average molecular weight is 302 g/mol. The average Bonchev–Trinajstić information content (AvgIpc) is 2.49. The van der Waals surface area contributed by atoms with Gasteiger partial charge in [-0.15, -0.1) is 0 Å². The first-order valence-electron chi connectivity index (χ1n) is 7.37. The third-order valence-electron chi connectivity index (χ3n) is 4.18. The van der Waals surface area contributed by atoms with E-state index in [-0.39, 0.29) is 0 Å². The molecule has 1 aliphatic carbocycles. The van der Waals surface area contributed by atoms with Gasteiger partial charge in [0.15, 0.2) is 0 Å². The highest BCUT2D eigenvalue weighted by Crippen LogP contribution is 2.35. The second kappa shape index (κ2) is 5.98. The van der Waals surface area contributed by atoms with Crippen LogP contribution in [0.4, 0.5) is 5.69 Å². The minimum Gasteiger partial charge on any atom is -0.497 e. The summed E-state index contributed by atoms with van der Waals surface area (Å²) in [7, 11) is 1.72. The highest BCUT2D eigenvalue weighted by atomic mass is 35.5. The van der Waals surface area contributed by atoms with E-state index in [4.69, 9.17) is 16.3 Å². The van der Waals surface area contributed by atoms with E-state index in [0.29, 0.717) is 6.04 Å². The van der Waals surface area contributed by atoms with Gasteiger partial charge < -0.3 is 10.1 Å². The molecule has 0 amide bonds. The van der Waals surface area contributed by atoms with Gasteiger partial charge in [-0.2, -0.15) is 0 Å². The molecule has 1 aliphatic rings. The first-order chi connectivity index (χ1) is 10.2. The molecule has 0 saturated heterocycles. The molecule has 0 aliphatic heterocycles. The third kappa shape index (κ3) is 3.01. The summed E-state index contributed by atoms with van der Waals surface area (Å²) in [4.78, 5) is 0. The summed E-state index contributed by atoms with van der Waals surface area (Å²) in [6, 6.07) is 12.8. The number of rotatable bonds is 3. The van der Waals surface area contributed by atoms with Gasteiger partial charge >= 0.3 is 0 Å². The molecule has 0 bridgehead atoms. The minimum absolute atomic E-state index is 0.361. The monoisotopic (exact) mass is 301 g/mol. The van der Waals surface area contributed by atoms with Crippen molar-refractivity contribution in [1.29, 1.82) is 0 Å². The van der Waals surface area contributed by atoms with Crippen molar-refractivity contribution in [1.82, 2.24) is 0 Å². The summed E-state index contributed by atoms with van der Waals surface area (Å²) in [6.07, 6.45) is 3.48. The fraction of sp³-hybridized carbons (Fsp3) is 0.333. The Bertz CT molecular complexity index is 654. The Balaban J connectivity index is 1.88. The van der Waals surface area contributed by atoms with Gasteiger partial charge in [0, 0.05) is 10.7 Å². The molecule has 2 aromatic rings. The lowest BCUT2D eigenvalue weighted by molar-refractivity contribution is 0.413. The number of benzene rings is 2. The molecule has 1 N–H and O–H groups in total. The molecule has 2 aromatic carbocycles. The maximum atomic E-state index is 6.03. The molecule has 110 valence electrons. The molecule has 0 saturated carbocycles. The van der Waals surface area contributed by atoms with Crippen LogP contribution in [-0.2, 0) is 6.42 Å². The molecular formula is C18H20ClNO. The Morgan fingerprint density at radius 3 is 2.81 bits per heavy atom. The smallest absolute Gasteiger partial charge is 0.119 e. The minimum atomic E-state index is 0.361. The molecular weight excluding hydrogens is 282 g/mol. The highest BCUT2D eigenvalue weighted by molar-refractivity contribution is 6.30. The van der Waals surface area contributed by atoms with Gasteiger partial charge in [0.1, 0.15) is 5.75 Å². The zero-order valence-electron chi connectivity index (χ0n) is 12.4. The number of nitrogens with one attached hydrogen (secondary N) is 1. The molecule has 2 nitrogen and oxygen atoms in total. The second-order valence-electron chi connectivity index (χ2n) is 5.61. The molecule has 0 spiro atoms. The van der Waals surface area contributed by atoms with E-state index in [9.17, 15) is 0 Å². The normalized spacial score (nSPS) is 17.2. The molecule has 21 heavy (non-hydrogen) atoms. The number of halogens is 1. The van der Waals surface area contributed by atoms with Crippen molar-refractivity contribution in [3.8, 4) is 5.75 Å². The maximum Gasteiger partial charge on any atom is 0.119 e. The van der Waals surface area contributed by atoms with Crippen LogP contribution in [-0.4, -0.2) is 7.11 Å². The van der Waals surface area contributed by atoms with E-state index >= 15 is 0 Å². The number of hydrogen-bond donors (Lipinski definition) is 1. The first kappa shape index (κ1) is 14.3. The van der Waals surface area contributed by atoms with Gasteiger partial charge in [-0.1, -0.05) is 17.7 Å². The number of hydrogen-bond acceptors (Lipinski definition) is 2. The number of ether oxygens (including phenoxy) is 1. The molecule has 0 heterocycles. The quantitative estimate of drug-likeness (QED) is 0.847. The molecule has 0 radical (unpaired) electrons. The SMILES string of the molecule is COc1ccc2c(c1)CCCC2Nc1ccc(Cl)cc1C. The summed E-state index contributed by atoms with van der Waals surface area (Å²) in [5.41, 5.74) is 5.12. The van der Waals surface area contributed by atoms with Gasteiger partial charge in [-0.25, -0.2) is 0 Å². The standard InChI is InChI=1S/C18H20ClNO/c1-12-10-14(19)6-9-17(12)20-18-5-3-4-13-11-15(21-2)7-8-16(13)18/h6-11,18,20H,3-5H2,1-2H3. The number of anilines is 1. The Hall–Kier alpha value is -1.67. The highest BCUT2D eigenvalue weighted by Gasteiger charge is 2.21. The lowest BCUT2D eigenvalue weighted by atomic mass is 9.87. The summed E-state index contributed by atoms with van der Waals surface area (Å²) in [5.74, 6) is 0.942. The Morgan fingerprint density at radius 2 is 2.05 bits per heavy atom. The molecule has 0 fully saturated rings. The van der Waals surface area contributed by atoms with E-state index in [1.165, 1.54) is 23.1 Å². The Kier molecular flexibility index (Phi) is 4.07. The molecule has 1 atom stereocenters. The van der Waals surface area contributed by atoms with Crippen LogP contribution < -0.4 is 10.1 Å². The summed E-state index contributed by atoms with van der Waals surface area (Å²) >= 11 is 6.03. The van der Waals surface area contributed by atoms with Crippen LogP contribution in [0.25, 0.3) is 0 Å². The van der Waals surface area contributed by atoms with Crippen LogP contribution in [0.5, 0.6) is 5.75 Å². The maximum absolute atomic E-state index is 6.03. The topological polar surface area (TPSA) is 21.3 Å². The van der Waals surface area contributed by atoms with Gasteiger partial charge in [-0.3, -0.25) is 0 Å². The fourth-order valence-electron chi connectivity index (χ4n) is 3.04. The van der Waals surface area contributed by atoms with Crippen molar-refractivity contribution in [2.45, 2.75) is 32.2 Å².